The van der Waals surface area contributed by atoms with Crippen LogP contribution in [-0.2, 0) is 0 Å². The SMILES string of the molecule is O.c1ccc2cc(Pc3ccc4ccccc4c3)ccc2c1. The number of rotatable bonds is 2. The second kappa shape index (κ2) is 6.27. The van der Waals surface area contributed by atoms with Crippen molar-refractivity contribution in [2.24, 2.45) is 0 Å². The molecular weight excluding hydrogens is 287 g/mol. The normalized spacial score (nSPS) is 10.5. The Labute approximate surface area is 131 Å². The van der Waals surface area contributed by atoms with Crippen LogP contribution in [0.3, 0.4) is 0 Å². The minimum absolute atomic E-state index is 0. The second-order valence-electron chi connectivity index (χ2n) is 5.25. The zero-order valence-electron chi connectivity index (χ0n) is 12.1. The maximum absolute atomic E-state index is 2.31. The first kappa shape index (κ1) is 14.7. The van der Waals surface area contributed by atoms with Gasteiger partial charge in [0.25, 0.3) is 0 Å². The molecule has 0 fully saturated rings. The first-order valence-electron chi connectivity index (χ1n) is 7.13. The molecule has 108 valence electrons. The first-order chi connectivity index (χ1) is 10.4. The number of hydrogen-bond acceptors (Lipinski definition) is 0. The van der Waals surface area contributed by atoms with Gasteiger partial charge in [-0.15, -0.1) is 0 Å². The number of fused-ring (bicyclic) bond motifs is 2. The van der Waals surface area contributed by atoms with Crippen LogP contribution >= 0.6 is 8.58 Å². The average molecular weight is 304 g/mol. The smallest absolute Gasteiger partial charge is 0.0178 e. The van der Waals surface area contributed by atoms with E-state index in [-0.39, 0.29) is 5.48 Å². The zero-order valence-corrected chi connectivity index (χ0v) is 13.1. The Hall–Kier alpha value is -2.21. The molecule has 0 unspecified atom stereocenters. The maximum atomic E-state index is 2.31. The molecule has 2 N–H and O–H groups in total. The van der Waals surface area contributed by atoms with E-state index in [0.717, 1.165) is 0 Å². The molecule has 4 aromatic carbocycles. The molecule has 22 heavy (non-hydrogen) atoms. The van der Waals surface area contributed by atoms with Gasteiger partial charge in [-0.3, -0.25) is 0 Å². The van der Waals surface area contributed by atoms with Crippen molar-refractivity contribution in [2.75, 3.05) is 0 Å². The van der Waals surface area contributed by atoms with Crippen molar-refractivity contribution in [3.63, 3.8) is 0 Å². The summed E-state index contributed by atoms with van der Waals surface area (Å²) in [6, 6.07) is 30.6. The summed E-state index contributed by atoms with van der Waals surface area (Å²) in [4.78, 5) is 0. The first-order valence-corrected chi connectivity index (χ1v) is 8.13. The third-order valence-electron chi connectivity index (χ3n) is 3.79. The van der Waals surface area contributed by atoms with E-state index in [1.165, 1.54) is 32.2 Å². The molecule has 0 radical (unpaired) electrons. The minimum atomic E-state index is 0. The minimum Gasteiger partial charge on any atom is -0.412 e. The van der Waals surface area contributed by atoms with Crippen LogP contribution in [0.1, 0.15) is 0 Å². The van der Waals surface area contributed by atoms with E-state index < -0.39 is 0 Å². The Morgan fingerprint density at radius 1 is 0.455 bits per heavy atom. The molecule has 0 aromatic heterocycles. The predicted molar refractivity (Wildman–Crippen MR) is 99.1 cm³/mol. The van der Waals surface area contributed by atoms with Crippen LogP contribution in [0.15, 0.2) is 84.9 Å². The molecule has 1 nitrogen and oxygen atoms in total. The lowest BCUT2D eigenvalue weighted by Crippen LogP contribution is -2.02. The topological polar surface area (TPSA) is 31.5 Å². The zero-order chi connectivity index (χ0) is 14.1. The molecule has 0 aliphatic carbocycles. The van der Waals surface area contributed by atoms with Crippen LogP contribution in [0.2, 0.25) is 0 Å². The maximum Gasteiger partial charge on any atom is -0.0178 e. The van der Waals surface area contributed by atoms with E-state index in [2.05, 4.69) is 84.9 Å². The number of hydrogen-bond donors (Lipinski definition) is 0. The average Bonchev–Trinajstić information content (AvgIpc) is 2.55. The molecule has 0 amide bonds. The van der Waals surface area contributed by atoms with Crippen LogP contribution in [-0.4, -0.2) is 5.48 Å². The highest BCUT2D eigenvalue weighted by Crippen LogP contribution is 2.19. The van der Waals surface area contributed by atoms with Gasteiger partial charge in [0, 0.05) is 0 Å². The van der Waals surface area contributed by atoms with Gasteiger partial charge in [-0.1, -0.05) is 81.4 Å². The Morgan fingerprint density at radius 2 is 0.864 bits per heavy atom. The number of benzene rings is 4. The van der Waals surface area contributed by atoms with Gasteiger partial charge in [0.1, 0.15) is 0 Å². The van der Waals surface area contributed by atoms with Gasteiger partial charge >= 0.3 is 0 Å². The second-order valence-corrected chi connectivity index (χ2v) is 6.65. The van der Waals surface area contributed by atoms with Crippen LogP contribution in [0.4, 0.5) is 0 Å². The molecular formula is C20H17OP. The summed E-state index contributed by atoms with van der Waals surface area (Å²) in [6.45, 7) is 0. The van der Waals surface area contributed by atoms with Gasteiger partial charge < -0.3 is 5.48 Å². The third kappa shape index (κ3) is 2.87. The van der Waals surface area contributed by atoms with Gasteiger partial charge in [-0.2, -0.15) is 0 Å². The van der Waals surface area contributed by atoms with Crippen LogP contribution in [0.25, 0.3) is 21.5 Å². The molecule has 0 saturated heterocycles. The monoisotopic (exact) mass is 304 g/mol. The molecule has 0 bridgehead atoms. The van der Waals surface area contributed by atoms with E-state index >= 15 is 0 Å². The van der Waals surface area contributed by atoms with Crippen LogP contribution < -0.4 is 10.6 Å². The van der Waals surface area contributed by atoms with Crippen LogP contribution in [0, 0.1) is 0 Å². The molecule has 0 aliphatic rings. The fourth-order valence-corrected chi connectivity index (χ4v) is 3.82. The molecule has 0 atom stereocenters. The van der Waals surface area contributed by atoms with E-state index in [0.29, 0.717) is 8.58 Å². The Balaban J connectivity index is 0.00000144. The van der Waals surface area contributed by atoms with Crippen molar-refractivity contribution >= 4 is 40.7 Å². The summed E-state index contributed by atoms with van der Waals surface area (Å²) in [6.07, 6.45) is 0. The van der Waals surface area contributed by atoms with E-state index in [9.17, 15) is 0 Å². The van der Waals surface area contributed by atoms with Crippen molar-refractivity contribution in [2.45, 2.75) is 0 Å². The largest absolute Gasteiger partial charge is 0.412 e. The van der Waals surface area contributed by atoms with Gasteiger partial charge in [-0.05, 0) is 44.3 Å². The fraction of sp³-hybridized carbons (Fsp3) is 0. The van der Waals surface area contributed by atoms with Gasteiger partial charge in [-0.25, -0.2) is 0 Å². The molecule has 4 rings (SSSR count). The summed E-state index contributed by atoms with van der Waals surface area (Å²) in [5, 5.41) is 8.05. The van der Waals surface area contributed by atoms with E-state index in [4.69, 9.17) is 0 Å². The summed E-state index contributed by atoms with van der Waals surface area (Å²) < 4.78 is 0. The summed E-state index contributed by atoms with van der Waals surface area (Å²) in [7, 11) is 0.703. The highest BCUT2D eigenvalue weighted by atomic mass is 31.1. The van der Waals surface area contributed by atoms with Gasteiger partial charge in [0.15, 0.2) is 0 Å². The van der Waals surface area contributed by atoms with Crippen molar-refractivity contribution in [1.82, 2.24) is 0 Å². The van der Waals surface area contributed by atoms with Crippen molar-refractivity contribution in [1.29, 1.82) is 0 Å². The highest BCUT2D eigenvalue weighted by molar-refractivity contribution is 7.55. The summed E-state index contributed by atoms with van der Waals surface area (Å²) >= 11 is 0. The van der Waals surface area contributed by atoms with Crippen molar-refractivity contribution in [3.05, 3.63) is 84.9 Å². The predicted octanol–water partition coefficient (Wildman–Crippen LogP) is 3.80. The molecule has 0 aliphatic heterocycles. The van der Waals surface area contributed by atoms with Crippen molar-refractivity contribution in [3.8, 4) is 0 Å². The summed E-state index contributed by atoms with van der Waals surface area (Å²) in [5.41, 5.74) is 0. The Morgan fingerprint density at radius 3 is 1.32 bits per heavy atom. The van der Waals surface area contributed by atoms with Crippen LogP contribution in [0.5, 0.6) is 0 Å². The molecule has 0 heterocycles. The molecule has 2 heteroatoms. The molecule has 4 aromatic rings. The van der Waals surface area contributed by atoms with Gasteiger partial charge in [0.05, 0.1) is 0 Å². The lowest BCUT2D eigenvalue weighted by molar-refractivity contribution is 0.824. The third-order valence-corrected chi connectivity index (χ3v) is 4.99. The fourth-order valence-electron chi connectivity index (χ4n) is 2.70. The highest BCUT2D eigenvalue weighted by Gasteiger charge is 2.00. The molecule has 0 saturated carbocycles. The summed E-state index contributed by atoms with van der Waals surface area (Å²) in [5.74, 6) is 0. The standard InChI is InChI=1S/C20H15P.H2O/c1-3-7-17-13-19(11-9-15(17)5-1)21-20-12-10-16-6-2-4-8-18(16)14-20;/h1-14,21H;1H2. The Kier molecular flexibility index (Phi) is 4.20. The lowest BCUT2D eigenvalue weighted by atomic mass is 10.1. The quantitative estimate of drug-likeness (QED) is 0.505. The molecule has 0 spiro atoms. The van der Waals surface area contributed by atoms with Crippen molar-refractivity contribution < 1.29 is 5.48 Å². The van der Waals surface area contributed by atoms with E-state index in [1.807, 2.05) is 0 Å². The Bertz CT molecular complexity index is 853. The van der Waals surface area contributed by atoms with Gasteiger partial charge in [0.2, 0.25) is 0 Å². The lowest BCUT2D eigenvalue weighted by Gasteiger charge is -2.06. The van der Waals surface area contributed by atoms with E-state index in [1.54, 1.807) is 0 Å².